The van der Waals surface area contributed by atoms with Gasteiger partial charge in [-0.25, -0.2) is 4.79 Å². The number of carbonyl (C=O) groups excluding carboxylic acids is 1. The average Bonchev–Trinajstić information content (AvgIpc) is 2.39. The zero-order valence-corrected chi connectivity index (χ0v) is 10.2. The summed E-state index contributed by atoms with van der Waals surface area (Å²) >= 11 is 0. The Labute approximate surface area is 102 Å². The SMILES string of the molecule is COC(=O)c1ccc([C@H]2CCCC[C@@H]2N)cc1. The van der Waals surface area contributed by atoms with Gasteiger partial charge in [0.2, 0.25) is 0 Å². The van der Waals surface area contributed by atoms with Gasteiger partial charge in [0.05, 0.1) is 12.7 Å². The first-order valence-electron chi connectivity index (χ1n) is 6.16. The van der Waals surface area contributed by atoms with Gasteiger partial charge in [-0.3, -0.25) is 0 Å². The number of rotatable bonds is 2. The summed E-state index contributed by atoms with van der Waals surface area (Å²) in [6.45, 7) is 0. The van der Waals surface area contributed by atoms with Crippen LogP contribution in [0.15, 0.2) is 24.3 Å². The number of hydrogen-bond donors (Lipinski definition) is 1. The highest BCUT2D eigenvalue weighted by Crippen LogP contribution is 2.31. The van der Waals surface area contributed by atoms with Crippen molar-refractivity contribution < 1.29 is 9.53 Å². The summed E-state index contributed by atoms with van der Waals surface area (Å²) in [6.07, 6.45) is 4.73. The van der Waals surface area contributed by atoms with E-state index in [0.29, 0.717) is 11.5 Å². The van der Waals surface area contributed by atoms with E-state index in [4.69, 9.17) is 5.73 Å². The molecule has 0 spiro atoms. The van der Waals surface area contributed by atoms with Crippen LogP contribution in [-0.4, -0.2) is 19.1 Å². The molecule has 0 unspecified atom stereocenters. The third-order valence-corrected chi connectivity index (χ3v) is 3.58. The lowest BCUT2D eigenvalue weighted by atomic mass is 9.80. The van der Waals surface area contributed by atoms with Crippen LogP contribution in [-0.2, 0) is 4.74 Å². The maximum Gasteiger partial charge on any atom is 0.337 e. The van der Waals surface area contributed by atoms with Crippen LogP contribution in [0.1, 0.15) is 47.5 Å². The Morgan fingerprint density at radius 1 is 1.24 bits per heavy atom. The molecule has 2 atom stereocenters. The van der Waals surface area contributed by atoms with Crippen molar-refractivity contribution in [2.45, 2.75) is 37.6 Å². The van der Waals surface area contributed by atoms with E-state index in [2.05, 4.69) is 4.74 Å². The summed E-state index contributed by atoms with van der Waals surface area (Å²) in [5.74, 6) is 0.153. The molecule has 1 aromatic carbocycles. The van der Waals surface area contributed by atoms with Crippen molar-refractivity contribution in [3.8, 4) is 0 Å². The summed E-state index contributed by atoms with van der Waals surface area (Å²) < 4.78 is 4.68. The molecule has 2 N–H and O–H groups in total. The number of benzene rings is 1. The van der Waals surface area contributed by atoms with E-state index in [0.717, 1.165) is 12.8 Å². The van der Waals surface area contributed by atoms with Crippen molar-refractivity contribution in [1.29, 1.82) is 0 Å². The molecule has 1 aliphatic rings. The normalized spacial score (nSPS) is 24.4. The third-order valence-electron chi connectivity index (χ3n) is 3.58. The first-order chi connectivity index (χ1) is 8.22. The highest BCUT2D eigenvalue weighted by Gasteiger charge is 2.23. The van der Waals surface area contributed by atoms with Crippen molar-refractivity contribution in [2.75, 3.05) is 7.11 Å². The van der Waals surface area contributed by atoms with Crippen LogP contribution in [0.2, 0.25) is 0 Å². The highest BCUT2D eigenvalue weighted by molar-refractivity contribution is 5.89. The fourth-order valence-corrected chi connectivity index (χ4v) is 2.56. The summed E-state index contributed by atoms with van der Waals surface area (Å²) in [7, 11) is 1.40. The van der Waals surface area contributed by atoms with Crippen molar-refractivity contribution >= 4 is 5.97 Å². The number of esters is 1. The Kier molecular flexibility index (Phi) is 3.79. The highest BCUT2D eigenvalue weighted by atomic mass is 16.5. The minimum absolute atomic E-state index is 0.257. The van der Waals surface area contributed by atoms with Gasteiger partial charge in [-0.1, -0.05) is 25.0 Å². The second-order valence-electron chi connectivity index (χ2n) is 4.67. The first kappa shape index (κ1) is 12.1. The molecule has 1 aliphatic carbocycles. The van der Waals surface area contributed by atoms with Gasteiger partial charge in [-0.05, 0) is 36.5 Å². The maximum atomic E-state index is 11.3. The third kappa shape index (κ3) is 2.67. The van der Waals surface area contributed by atoms with Gasteiger partial charge in [-0.15, -0.1) is 0 Å². The van der Waals surface area contributed by atoms with Gasteiger partial charge in [-0.2, -0.15) is 0 Å². The Morgan fingerprint density at radius 3 is 2.47 bits per heavy atom. The van der Waals surface area contributed by atoms with E-state index in [-0.39, 0.29) is 12.0 Å². The molecule has 17 heavy (non-hydrogen) atoms. The van der Waals surface area contributed by atoms with Crippen LogP contribution in [0.4, 0.5) is 0 Å². The lowest BCUT2D eigenvalue weighted by Gasteiger charge is -2.28. The Bertz CT molecular complexity index is 386. The molecule has 1 saturated carbocycles. The molecule has 0 heterocycles. The van der Waals surface area contributed by atoms with Crippen molar-refractivity contribution in [3.05, 3.63) is 35.4 Å². The molecule has 0 bridgehead atoms. The minimum Gasteiger partial charge on any atom is -0.465 e. The summed E-state index contributed by atoms with van der Waals surface area (Å²) in [6, 6.07) is 7.91. The zero-order valence-electron chi connectivity index (χ0n) is 10.2. The van der Waals surface area contributed by atoms with E-state index in [1.165, 1.54) is 25.5 Å². The van der Waals surface area contributed by atoms with Gasteiger partial charge in [0.25, 0.3) is 0 Å². The van der Waals surface area contributed by atoms with E-state index < -0.39 is 0 Å². The molecule has 1 aromatic rings. The largest absolute Gasteiger partial charge is 0.465 e. The summed E-state index contributed by atoms with van der Waals surface area (Å²) in [5, 5.41) is 0. The number of carbonyl (C=O) groups is 1. The van der Waals surface area contributed by atoms with Gasteiger partial charge in [0.15, 0.2) is 0 Å². The molecule has 3 nitrogen and oxygen atoms in total. The maximum absolute atomic E-state index is 11.3. The van der Waals surface area contributed by atoms with E-state index in [1.54, 1.807) is 0 Å². The summed E-state index contributed by atoms with van der Waals surface area (Å²) in [4.78, 5) is 11.3. The summed E-state index contributed by atoms with van der Waals surface area (Å²) in [5.41, 5.74) is 7.98. The Hall–Kier alpha value is -1.35. The number of ether oxygens (including phenoxy) is 1. The molecular weight excluding hydrogens is 214 g/mol. The second-order valence-corrected chi connectivity index (χ2v) is 4.67. The smallest absolute Gasteiger partial charge is 0.337 e. The van der Waals surface area contributed by atoms with Crippen LogP contribution >= 0.6 is 0 Å². The molecule has 92 valence electrons. The molecule has 3 heteroatoms. The van der Waals surface area contributed by atoms with Crippen LogP contribution in [0.3, 0.4) is 0 Å². The standard InChI is InChI=1S/C14H19NO2/c1-17-14(16)11-8-6-10(7-9-11)12-4-2-3-5-13(12)15/h6-9,12-13H,2-5,15H2,1H3/t12-,13+/m1/s1. The average molecular weight is 233 g/mol. The fourth-order valence-electron chi connectivity index (χ4n) is 2.56. The van der Waals surface area contributed by atoms with Crippen molar-refractivity contribution in [1.82, 2.24) is 0 Å². The van der Waals surface area contributed by atoms with Crippen molar-refractivity contribution in [2.24, 2.45) is 5.73 Å². The van der Waals surface area contributed by atoms with E-state index in [9.17, 15) is 4.79 Å². The Morgan fingerprint density at radius 2 is 1.88 bits per heavy atom. The van der Waals surface area contributed by atoms with E-state index in [1.807, 2.05) is 24.3 Å². The van der Waals surface area contributed by atoms with Crippen LogP contribution in [0.5, 0.6) is 0 Å². The molecule has 0 aromatic heterocycles. The fraction of sp³-hybridized carbons (Fsp3) is 0.500. The van der Waals surface area contributed by atoms with Gasteiger partial charge in [0.1, 0.15) is 0 Å². The topological polar surface area (TPSA) is 52.3 Å². The van der Waals surface area contributed by atoms with Gasteiger partial charge in [0, 0.05) is 6.04 Å². The molecule has 2 rings (SSSR count). The molecular formula is C14H19NO2. The zero-order chi connectivity index (χ0) is 12.3. The number of methoxy groups -OCH3 is 1. The number of hydrogen-bond acceptors (Lipinski definition) is 3. The van der Waals surface area contributed by atoms with Crippen LogP contribution in [0, 0.1) is 0 Å². The predicted octanol–water partition coefficient (Wildman–Crippen LogP) is 2.46. The molecule has 0 amide bonds. The Balaban J connectivity index is 2.14. The second kappa shape index (κ2) is 5.32. The molecule has 0 radical (unpaired) electrons. The van der Waals surface area contributed by atoms with E-state index >= 15 is 0 Å². The van der Waals surface area contributed by atoms with Gasteiger partial charge >= 0.3 is 5.97 Å². The molecule has 0 aliphatic heterocycles. The van der Waals surface area contributed by atoms with Crippen LogP contribution in [0.25, 0.3) is 0 Å². The number of nitrogens with two attached hydrogens (primary N) is 1. The molecule has 1 fully saturated rings. The minimum atomic E-state index is -0.288. The quantitative estimate of drug-likeness (QED) is 0.798. The predicted molar refractivity (Wildman–Crippen MR) is 67.0 cm³/mol. The van der Waals surface area contributed by atoms with Crippen LogP contribution < -0.4 is 5.73 Å². The molecule has 0 saturated heterocycles. The monoisotopic (exact) mass is 233 g/mol. The lowest BCUT2D eigenvalue weighted by molar-refractivity contribution is 0.0600. The van der Waals surface area contributed by atoms with Crippen molar-refractivity contribution in [3.63, 3.8) is 0 Å². The van der Waals surface area contributed by atoms with Gasteiger partial charge < -0.3 is 10.5 Å². The lowest BCUT2D eigenvalue weighted by Crippen LogP contribution is -2.31. The first-order valence-corrected chi connectivity index (χ1v) is 6.16.